The van der Waals surface area contributed by atoms with E-state index in [0.29, 0.717) is 23.4 Å². The zero-order valence-corrected chi connectivity index (χ0v) is 22.9. The molecule has 14 heteroatoms. The lowest BCUT2D eigenvalue weighted by molar-refractivity contribution is -0.192. The molecule has 0 radical (unpaired) electrons. The molecule has 1 aliphatic rings. The van der Waals surface area contributed by atoms with Gasteiger partial charge in [-0.3, -0.25) is 29.4 Å². The van der Waals surface area contributed by atoms with Crippen LogP contribution in [0.3, 0.4) is 0 Å². The molecule has 4 rings (SSSR count). The monoisotopic (exact) mass is 602 g/mol. The number of nitrogens with one attached hydrogen (secondary N) is 2. The maximum absolute atomic E-state index is 12.5. The molecule has 1 aliphatic heterocycles. The van der Waals surface area contributed by atoms with Gasteiger partial charge in [0.25, 0.3) is 11.8 Å². The third-order valence-electron chi connectivity index (χ3n) is 5.63. The van der Waals surface area contributed by atoms with Gasteiger partial charge in [-0.2, -0.15) is 13.2 Å². The largest absolute Gasteiger partial charge is 0.490 e. The number of alkyl halides is 3. The summed E-state index contributed by atoms with van der Waals surface area (Å²) in [6.07, 6.45) is -4.09. The molecule has 0 fully saturated rings. The van der Waals surface area contributed by atoms with Gasteiger partial charge in [-0.15, -0.1) is 0 Å². The molecule has 0 atom stereocenters. The molecule has 6 N–H and O–H groups in total. The molecular weight excluding hydrogens is 573 g/mol. The zero-order valence-electron chi connectivity index (χ0n) is 22.9. The van der Waals surface area contributed by atoms with Crippen LogP contribution in [-0.4, -0.2) is 59.1 Å². The van der Waals surface area contributed by atoms with Crippen LogP contribution >= 0.6 is 0 Å². The fourth-order valence-corrected chi connectivity index (χ4v) is 3.67. The number of nitrogens with two attached hydrogens (primary N) is 1. The Kier molecular flexibility index (Phi) is 12.4. The van der Waals surface area contributed by atoms with Crippen molar-refractivity contribution in [3.63, 3.8) is 0 Å². The van der Waals surface area contributed by atoms with Gasteiger partial charge < -0.3 is 21.3 Å². The standard InChI is InChI=1S/C16H16N2O3.C11H12N2O2.C2HF3O2/c17-10-12-5-4-8-14(9-12)18(11-15(19)20)16(21)13-6-2-1-3-7-13;1-7(14)13-11(15)9-3-2-8-4-5-12-10(8)6-9;3-2(4,5)1(6)7/h1-9H,10-11,17H2,(H,19,20);2-3,6,12H,4-5H2,1H3,(H,13,14,15);(H,6,7). The first-order valence-electron chi connectivity index (χ1n) is 12.6. The van der Waals surface area contributed by atoms with Crippen LogP contribution in [0.2, 0.25) is 0 Å². The van der Waals surface area contributed by atoms with Gasteiger partial charge in [0.1, 0.15) is 6.54 Å². The molecule has 43 heavy (non-hydrogen) atoms. The Hall–Kier alpha value is -5.24. The summed E-state index contributed by atoms with van der Waals surface area (Å²) < 4.78 is 31.7. The number of fused-ring (bicyclic) bond motifs is 1. The van der Waals surface area contributed by atoms with E-state index in [1.165, 1.54) is 17.4 Å². The van der Waals surface area contributed by atoms with E-state index in [1.54, 1.807) is 60.7 Å². The molecule has 3 aromatic carbocycles. The number of anilines is 2. The van der Waals surface area contributed by atoms with Crippen molar-refractivity contribution in [2.24, 2.45) is 5.73 Å². The molecule has 228 valence electrons. The van der Waals surface area contributed by atoms with Crippen molar-refractivity contribution in [3.8, 4) is 0 Å². The number of carboxylic acids is 2. The van der Waals surface area contributed by atoms with Crippen molar-refractivity contribution >= 4 is 41.0 Å². The highest BCUT2D eigenvalue weighted by Crippen LogP contribution is 2.23. The third kappa shape index (κ3) is 10.9. The Morgan fingerprint density at radius 3 is 2.14 bits per heavy atom. The lowest BCUT2D eigenvalue weighted by atomic mass is 10.1. The highest BCUT2D eigenvalue weighted by molar-refractivity contribution is 6.08. The van der Waals surface area contributed by atoms with E-state index in [0.717, 1.165) is 24.2 Å². The van der Waals surface area contributed by atoms with Crippen LogP contribution in [0.4, 0.5) is 24.5 Å². The minimum Gasteiger partial charge on any atom is -0.480 e. The molecule has 3 amide bonds. The maximum atomic E-state index is 12.5. The van der Waals surface area contributed by atoms with Crippen LogP contribution in [-0.2, 0) is 27.3 Å². The normalized spacial score (nSPS) is 11.3. The lowest BCUT2D eigenvalue weighted by Gasteiger charge is -2.21. The summed E-state index contributed by atoms with van der Waals surface area (Å²) in [6.45, 7) is 2.16. The number of nitrogens with zero attached hydrogens (tertiary/aromatic N) is 1. The highest BCUT2D eigenvalue weighted by atomic mass is 19.4. The Morgan fingerprint density at radius 1 is 0.930 bits per heavy atom. The van der Waals surface area contributed by atoms with Crippen molar-refractivity contribution in [1.82, 2.24) is 5.32 Å². The minimum atomic E-state index is -5.08. The molecule has 3 aromatic rings. The van der Waals surface area contributed by atoms with E-state index >= 15 is 0 Å². The predicted molar refractivity (Wildman–Crippen MR) is 151 cm³/mol. The number of carbonyl (C=O) groups is 5. The number of carbonyl (C=O) groups excluding carboxylic acids is 3. The molecule has 0 aliphatic carbocycles. The average Bonchev–Trinajstić information content (AvgIpc) is 3.44. The molecule has 11 nitrogen and oxygen atoms in total. The number of benzene rings is 3. The second kappa shape index (κ2) is 15.7. The summed E-state index contributed by atoms with van der Waals surface area (Å²) in [7, 11) is 0. The van der Waals surface area contributed by atoms with Crippen LogP contribution in [0.15, 0.2) is 72.8 Å². The Balaban J connectivity index is 0.000000255. The summed E-state index contributed by atoms with van der Waals surface area (Å²) in [5.74, 6) is -4.87. The fourth-order valence-electron chi connectivity index (χ4n) is 3.67. The van der Waals surface area contributed by atoms with Gasteiger partial charge in [0.15, 0.2) is 0 Å². The lowest BCUT2D eigenvalue weighted by Crippen LogP contribution is -2.35. The van der Waals surface area contributed by atoms with Crippen molar-refractivity contribution in [1.29, 1.82) is 0 Å². The number of halogens is 3. The van der Waals surface area contributed by atoms with E-state index in [9.17, 15) is 32.3 Å². The van der Waals surface area contributed by atoms with Crippen LogP contribution < -0.4 is 21.3 Å². The first kappa shape index (κ1) is 34.0. The second-order valence-electron chi connectivity index (χ2n) is 8.89. The van der Waals surface area contributed by atoms with Gasteiger partial charge in [0.05, 0.1) is 0 Å². The SMILES string of the molecule is CC(=O)NC(=O)c1ccc2c(c1)NCC2.NCc1cccc(N(CC(=O)O)C(=O)c2ccccc2)c1.O=C(O)C(F)(F)F. The molecule has 0 aromatic heterocycles. The summed E-state index contributed by atoms with van der Waals surface area (Å²) in [5.41, 5.74) is 10.1. The van der Waals surface area contributed by atoms with Gasteiger partial charge >= 0.3 is 18.1 Å². The molecule has 1 heterocycles. The van der Waals surface area contributed by atoms with E-state index < -0.39 is 24.7 Å². The number of hydrogen-bond donors (Lipinski definition) is 5. The quantitative estimate of drug-likeness (QED) is 0.283. The number of rotatable bonds is 6. The fraction of sp³-hybridized carbons (Fsp3) is 0.207. The second-order valence-corrected chi connectivity index (χ2v) is 8.89. The number of amides is 3. The maximum Gasteiger partial charge on any atom is 0.490 e. The third-order valence-corrected chi connectivity index (χ3v) is 5.63. The zero-order chi connectivity index (χ0) is 32.2. The number of hydrogen-bond acceptors (Lipinski definition) is 7. The van der Waals surface area contributed by atoms with Gasteiger partial charge in [0, 0.05) is 42.5 Å². The van der Waals surface area contributed by atoms with Gasteiger partial charge in [-0.1, -0.05) is 36.4 Å². The molecule has 0 unspecified atom stereocenters. The first-order chi connectivity index (χ1) is 20.2. The van der Waals surface area contributed by atoms with Crippen LogP contribution in [0.1, 0.15) is 38.8 Å². The molecule has 0 spiro atoms. The van der Waals surface area contributed by atoms with E-state index in [4.69, 9.17) is 20.7 Å². The number of aliphatic carboxylic acids is 2. The summed E-state index contributed by atoms with van der Waals surface area (Å²) in [4.78, 5) is 55.9. The molecule has 0 saturated heterocycles. The summed E-state index contributed by atoms with van der Waals surface area (Å²) in [5, 5.41) is 21.6. The van der Waals surface area contributed by atoms with Crippen LogP contribution in [0.5, 0.6) is 0 Å². The van der Waals surface area contributed by atoms with Crippen molar-refractivity contribution in [3.05, 3.63) is 95.1 Å². The van der Waals surface area contributed by atoms with Gasteiger partial charge in [-0.25, -0.2) is 4.79 Å². The Bertz CT molecular complexity index is 1460. The van der Waals surface area contributed by atoms with Crippen molar-refractivity contribution in [2.45, 2.75) is 26.1 Å². The smallest absolute Gasteiger partial charge is 0.480 e. The number of carboxylic acid groups (broad SMARTS) is 2. The molecular formula is C29H29F3N4O7. The summed E-state index contributed by atoms with van der Waals surface area (Å²) in [6, 6.07) is 21.0. The minimum absolute atomic E-state index is 0.328. The molecule has 0 saturated carbocycles. The van der Waals surface area contributed by atoms with Crippen molar-refractivity contribution in [2.75, 3.05) is 23.3 Å². The predicted octanol–water partition coefficient (Wildman–Crippen LogP) is 3.44. The topological polar surface area (TPSA) is 179 Å². The molecule has 0 bridgehead atoms. The summed E-state index contributed by atoms with van der Waals surface area (Å²) >= 11 is 0. The van der Waals surface area contributed by atoms with Crippen LogP contribution in [0, 0.1) is 0 Å². The first-order valence-corrected chi connectivity index (χ1v) is 12.6. The van der Waals surface area contributed by atoms with Crippen molar-refractivity contribution < 1.29 is 47.4 Å². The average molecular weight is 603 g/mol. The number of imide groups is 1. The Labute approximate surface area is 244 Å². The van der Waals surface area contributed by atoms with E-state index in [-0.39, 0.29) is 17.7 Å². The van der Waals surface area contributed by atoms with E-state index in [2.05, 4.69) is 10.6 Å². The van der Waals surface area contributed by atoms with Gasteiger partial charge in [0.2, 0.25) is 5.91 Å². The Morgan fingerprint density at radius 2 is 1.58 bits per heavy atom. The van der Waals surface area contributed by atoms with Gasteiger partial charge in [-0.05, 0) is 53.9 Å². The van der Waals surface area contributed by atoms with Crippen LogP contribution in [0.25, 0.3) is 0 Å². The van der Waals surface area contributed by atoms with E-state index in [1.807, 2.05) is 12.1 Å². The highest BCUT2D eigenvalue weighted by Gasteiger charge is 2.38.